The summed E-state index contributed by atoms with van der Waals surface area (Å²) in [5.74, 6) is -1.32. The smallest absolute Gasteiger partial charge is 0.233 e. The Bertz CT molecular complexity index is 1130. The number of para-hydroxylation sites is 1. The average molecular weight is 384 g/mol. The van der Waals surface area contributed by atoms with Crippen LogP contribution in [0.2, 0.25) is 0 Å². The molecule has 3 aromatic rings. The molecule has 0 radical (unpaired) electrons. The predicted molar refractivity (Wildman–Crippen MR) is 110 cm³/mol. The van der Waals surface area contributed by atoms with Crippen LogP contribution in [0.4, 0.5) is 0 Å². The zero-order chi connectivity index (χ0) is 20.0. The molecule has 1 aliphatic heterocycles. The number of H-pyrrole nitrogens is 1. The zero-order valence-electron chi connectivity index (χ0n) is 15.8. The Morgan fingerprint density at radius 2 is 1.52 bits per heavy atom. The fraction of sp³-hybridized carbons (Fsp3) is 0.208. The van der Waals surface area contributed by atoms with Gasteiger partial charge in [0.05, 0.1) is 29.6 Å². The number of imide groups is 1. The molecule has 2 unspecified atom stereocenters. The number of aromatic nitrogens is 1. The molecule has 144 valence electrons. The highest BCUT2D eigenvalue weighted by Crippen LogP contribution is 2.36. The van der Waals surface area contributed by atoms with Gasteiger partial charge in [0.2, 0.25) is 11.8 Å². The van der Waals surface area contributed by atoms with Crippen LogP contribution < -0.4 is 0 Å². The van der Waals surface area contributed by atoms with Gasteiger partial charge >= 0.3 is 0 Å². The van der Waals surface area contributed by atoms with E-state index >= 15 is 0 Å². The van der Waals surface area contributed by atoms with Crippen molar-refractivity contribution in [1.29, 1.82) is 0 Å². The molecule has 5 rings (SSSR count). The lowest BCUT2D eigenvalue weighted by Gasteiger charge is -2.14. The molecular formula is C24H20N2O3. The minimum atomic E-state index is -0.322. The van der Waals surface area contributed by atoms with Gasteiger partial charge in [-0.25, -0.2) is 0 Å². The Morgan fingerprint density at radius 1 is 0.897 bits per heavy atom. The monoisotopic (exact) mass is 384 g/mol. The molecule has 1 fully saturated rings. The molecule has 2 atom stereocenters. The molecule has 5 heteroatoms. The molecule has 1 aromatic heterocycles. The molecular weight excluding hydrogens is 364 g/mol. The second-order valence-electron chi connectivity index (χ2n) is 7.63. The second-order valence-corrected chi connectivity index (χ2v) is 7.63. The lowest BCUT2D eigenvalue weighted by molar-refractivity contribution is -0.139. The van der Waals surface area contributed by atoms with Gasteiger partial charge in [-0.3, -0.25) is 19.3 Å². The molecule has 1 aliphatic carbocycles. The van der Waals surface area contributed by atoms with Crippen molar-refractivity contribution < 1.29 is 14.4 Å². The van der Waals surface area contributed by atoms with Gasteiger partial charge in [-0.15, -0.1) is 0 Å². The minimum Gasteiger partial charge on any atom is -0.354 e. The Balaban J connectivity index is 1.53. The molecule has 1 saturated heterocycles. The lowest BCUT2D eigenvalue weighted by Crippen LogP contribution is -2.36. The van der Waals surface area contributed by atoms with E-state index in [0.29, 0.717) is 18.4 Å². The van der Waals surface area contributed by atoms with Crippen LogP contribution in [0.3, 0.4) is 0 Å². The van der Waals surface area contributed by atoms with Crippen LogP contribution >= 0.6 is 0 Å². The van der Waals surface area contributed by atoms with Gasteiger partial charge in [-0.1, -0.05) is 60.7 Å². The van der Waals surface area contributed by atoms with Crippen molar-refractivity contribution in [3.8, 4) is 11.3 Å². The van der Waals surface area contributed by atoms with E-state index in [1.807, 2.05) is 66.7 Å². The normalized spacial score (nSPS) is 21.0. The number of aromatic amines is 1. The topological polar surface area (TPSA) is 70.2 Å². The molecule has 29 heavy (non-hydrogen) atoms. The number of nitrogens with zero attached hydrogens (tertiary/aromatic N) is 1. The van der Waals surface area contributed by atoms with Crippen LogP contribution in [0.15, 0.2) is 66.7 Å². The molecule has 2 heterocycles. The fourth-order valence-corrected chi connectivity index (χ4v) is 4.50. The van der Waals surface area contributed by atoms with E-state index in [4.69, 9.17) is 0 Å². The zero-order valence-corrected chi connectivity index (χ0v) is 15.8. The first-order valence-electron chi connectivity index (χ1n) is 9.84. The first-order valence-corrected chi connectivity index (χ1v) is 9.84. The molecule has 5 nitrogen and oxygen atoms in total. The van der Waals surface area contributed by atoms with Crippen LogP contribution in [-0.4, -0.2) is 34.0 Å². The number of rotatable bonds is 4. The van der Waals surface area contributed by atoms with E-state index in [0.717, 1.165) is 22.2 Å². The van der Waals surface area contributed by atoms with Crippen LogP contribution in [0.5, 0.6) is 0 Å². The summed E-state index contributed by atoms with van der Waals surface area (Å²) in [4.78, 5) is 43.5. The number of hydrogen-bond acceptors (Lipinski definition) is 3. The predicted octanol–water partition coefficient (Wildman–Crippen LogP) is 3.97. The third-order valence-electron chi connectivity index (χ3n) is 5.95. The Kier molecular flexibility index (Phi) is 4.16. The van der Waals surface area contributed by atoms with Crippen LogP contribution in [0.1, 0.15) is 23.2 Å². The molecule has 1 N–H and O–H groups in total. The van der Waals surface area contributed by atoms with E-state index in [1.165, 1.54) is 4.90 Å². The molecule has 2 aromatic carbocycles. The van der Waals surface area contributed by atoms with E-state index in [1.54, 1.807) is 0 Å². The fourth-order valence-electron chi connectivity index (χ4n) is 4.50. The number of amides is 2. The summed E-state index contributed by atoms with van der Waals surface area (Å²) in [5.41, 5.74) is 2.99. The number of benzene rings is 2. The van der Waals surface area contributed by atoms with Crippen molar-refractivity contribution in [2.24, 2.45) is 11.8 Å². The quantitative estimate of drug-likeness (QED) is 0.420. The molecule has 0 spiro atoms. The SMILES string of the molecule is O=C(CN1C(=O)C2CC=CCC2C1=O)c1c(-c2ccccc2)[nH]c2ccccc12. The second kappa shape index (κ2) is 6.85. The third-order valence-corrected chi connectivity index (χ3v) is 5.95. The number of ketones is 1. The molecule has 0 bridgehead atoms. The van der Waals surface area contributed by atoms with E-state index in [9.17, 15) is 14.4 Å². The highest BCUT2D eigenvalue weighted by atomic mass is 16.2. The summed E-state index contributed by atoms with van der Waals surface area (Å²) in [7, 11) is 0. The summed E-state index contributed by atoms with van der Waals surface area (Å²) < 4.78 is 0. The number of carbonyl (C=O) groups is 3. The minimum absolute atomic E-state index is 0.216. The Labute approximate surface area is 168 Å². The van der Waals surface area contributed by atoms with Gasteiger partial charge < -0.3 is 4.98 Å². The highest BCUT2D eigenvalue weighted by molar-refractivity contribution is 6.17. The number of nitrogens with one attached hydrogen (secondary N) is 1. The summed E-state index contributed by atoms with van der Waals surface area (Å²) in [6, 6.07) is 17.2. The van der Waals surface area contributed by atoms with Crippen molar-refractivity contribution in [2.75, 3.05) is 6.54 Å². The molecule has 2 amide bonds. The highest BCUT2D eigenvalue weighted by Gasteiger charge is 2.47. The number of Topliss-reactive ketones (excluding diaryl/α,β-unsaturated/α-hetero) is 1. The average Bonchev–Trinajstić information content (AvgIpc) is 3.26. The van der Waals surface area contributed by atoms with Crippen molar-refractivity contribution in [1.82, 2.24) is 9.88 Å². The summed E-state index contributed by atoms with van der Waals surface area (Å²) in [6.45, 7) is -0.216. The number of likely N-dealkylation sites (tertiary alicyclic amines) is 1. The van der Waals surface area contributed by atoms with Gasteiger partial charge in [0.25, 0.3) is 0 Å². The number of hydrogen-bond donors (Lipinski definition) is 1. The summed E-state index contributed by atoms with van der Waals surface area (Å²) in [6.07, 6.45) is 5.04. The van der Waals surface area contributed by atoms with Crippen LogP contribution in [-0.2, 0) is 9.59 Å². The van der Waals surface area contributed by atoms with Gasteiger partial charge in [-0.2, -0.15) is 0 Å². The van der Waals surface area contributed by atoms with Gasteiger partial charge in [0.15, 0.2) is 5.78 Å². The number of allylic oxidation sites excluding steroid dienone is 2. The van der Waals surface area contributed by atoms with Crippen LogP contribution in [0.25, 0.3) is 22.2 Å². The van der Waals surface area contributed by atoms with Gasteiger partial charge in [0.1, 0.15) is 0 Å². The Morgan fingerprint density at radius 3 is 2.21 bits per heavy atom. The lowest BCUT2D eigenvalue weighted by atomic mass is 9.85. The van der Waals surface area contributed by atoms with E-state index < -0.39 is 0 Å². The van der Waals surface area contributed by atoms with Crippen molar-refractivity contribution in [2.45, 2.75) is 12.8 Å². The molecule has 0 saturated carbocycles. The largest absolute Gasteiger partial charge is 0.354 e. The first kappa shape index (κ1) is 17.6. The van der Waals surface area contributed by atoms with E-state index in [-0.39, 0.29) is 36.0 Å². The summed E-state index contributed by atoms with van der Waals surface area (Å²) >= 11 is 0. The maximum atomic E-state index is 13.4. The Hall–Kier alpha value is -3.47. The maximum Gasteiger partial charge on any atom is 0.233 e. The van der Waals surface area contributed by atoms with Crippen molar-refractivity contribution in [3.05, 3.63) is 72.3 Å². The summed E-state index contributed by atoms with van der Waals surface area (Å²) in [5, 5.41) is 0.800. The molecule has 2 aliphatic rings. The van der Waals surface area contributed by atoms with Gasteiger partial charge in [0, 0.05) is 10.9 Å². The third kappa shape index (κ3) is 2.81. The maximum absolute atomic E-state index is 13.4. The number of fused-ring (bicyclic) bond motifs is 2. The van der Waals surface area contributed by atoms with Crippen molar-refractivity contribution in [3.63, 3.8) is 0 Å². The first-order chi connectivity index (χ1) is 14.1. The van der Waals surface area contributed by atoms with Gasteiger partial charge in [-0.05, 0) is 24.5 Å². The number of carbonyl (C=O) groups excluding carboxylic acids is 3. The standard InChI is InChI=1S/C24H20N2O3/c27-20(14-26-23(28)16-10-4-5-11-17(16)24(26)29)21-18-12-6-7-13-19(18)25-22(21)15-8-2-1-3-9-15/h1-9,12-13,16-17,25H,10-11,14H2. The van der Waals surface area contributed by atoms with E-state index in [2.05, 4.69) is 4.98 Å². The van der Waals surface area contributed by atoms with Crippen LogP contribution in [0, 0.1) is 11.8 Å². The van der Waals surface area contributed by atoms with Crippen molar-refractivity contribution >= 4 is 28.5 Å².